The molecule has 25 heavy (non-hydrogen) atoms. The largest absolute Gasteiger partial charge is 0.493 e. The van der Waals surface area contributed by atoms with E-state index in [1.807, 2.05) is 4.90 Å². The standard InChI is InChI=1S/C19H27ClN2O3/c1-3-4-7-25-18-15(20)8-13(9-17(18)24-2)19(23)22-10-12-5-6-16(21)14(12)11-22/h8-9,12,14,16H,3-7,10-11,21H2,1-2H3. The van der Waals surface area contributed by atoms with Gasteiger partial charge < -0.3 is 20.1 Å². The first-order valence-corrected chi connectivity index (χ1v) is 9.48. The van der Waals surface area contributed by atoms with Crippen molar-refractivity contribution in [2.45, 2.75) is 38.6 Å². The fraction of sp³-hybridized carbons (Fsp3) is 0.632. The normalized spacial score (nSPS) is 25.1. The Morgan fingerprint density at radius 2 is 2.16 bits per heavy atom. The summed E-state index contributed by atoms with van der Waals surface area (Å²) in [5.74, 6) is 1.96. The number of carbonyl (C=O) groups excluding carboxylic acids is 1. The molecule has 2 fully saturated rings. The van der Waals surface area contributed by atoms with Gasteiger partial charge in [0.1, 0.15) is 0 Å². The van der Waals surface area contributed by atoms with Gasteiger partial charge >= 0.3 is 0 Å². The van der Waals surface area contributed by atoms with Crippen molar-refractivity contribution < 1.29 is 14.3 Å². The van der Waals surface area contributed by atoms with Crippen LogP contribution in [-0.4, -0.2) is 43.7 Å². The summed E-state index contributed by atoms with van der Waals surface area (Å²) in [5, 5.41) is 0.412. The minimum absolute atomic E-state index is 0.0121. The van der Waals surface area contributed by atoms with Crippen LogP contribution in [-0.2, 0) is 0 Å². The SMILES string of the molecule is CCCCOc1c(Cl)cc(C(=O)N2CC3CCC(N)C3C2)cc1OC. The van der Waals surface area contributed by atoms with Gasteiger partial charge in [-0.05, 0) is 43.2 Å². The first-order chi connectivity index (χ1) is 12.0. The molecule has 1 amide bonds. The molecule has 0 spiro atoms. The lowest BCUT2D eigenvalue weighted by Gasteiger charge is -2.20. The monoisotopic (exact) mass is 366 g/mol. The number of amides is 1. The number of hydrogen-bond acceptors (Lipinski definition) is 4. The minimum atomic E-state index is -0.0121. The summed E-state index contributed by atoms with van der Waals surface area (Å²) in [4.78, 5) is 14.8. The van der Waals surface area contributed by atoms with Crippen LogP contribution in [0.4, 0.5) is 0 Å². The lowest BCUT2D eigenvalue weighted by atomic mass is 9.98. The Morgan fingerprint density at radius 3 is 2.84 bits per heavy atom. The van der Waals surface area contributed by atoms with Crippen LogP contribution in [0, 0.1) is 11.8 Å². The summed E-state index contributed by atoms with van der Waals surface area (Å²) in [6, 6.07) is 3.63. The van der Waals surface area contributed by atoms with Gasteiger partial charge in [0.2, 0.25) is 0 Å². The molecule has 1 aliphatic carbocycles. The molecule has 1 aromatic rings. The quantitative estimate of drug-likeness (QED) is 0.784. The fourth-order valence-electron chi connectivity index (χ4n) is 3.96. The van der Waals surface area contributed by atoms with Gasteiger partial charge in [0.15, 0.2) is 11.5 Å². The number of unbranched alkanes of at least 4 members (excludes halogenated alkanes) is 1. The number of hydrogen-bond donors (Lipinski definition) is 1. The van der Waals surface area contributed by atoms with Crippen molar-refractivity contribution >= 4 is 17.5 Å². The van der Waals surface area contributed by atoms with Crippen molar-refractivity contribution in [2.75, 3.05) is 26.8 Å². The Hall–Kier alpha value is -1.46. The Labute approximate surface area is 154 Å². The molecule has 2 aliphatic rings. The van der Waals surface area contributed by atoms with Gasteiger partial charge in [0.25, 0.3) is 5.91 Å². The lowest BCUT2D eigenvalue weighted by molar-refractivity contribution is 0.0779. The van der Waals surface area contributed by atoms with E-state index in [9.17, 15) is 4.79 Å². The number of nitrogens with two attached hydrogens (primary N) is 1. The number of halogens is 1. The fourth-order valence-corrected chi connectivity index (χ4v) is 4.22. The van der Waals surface area contributed by atoms with Gasteiger partial charge in [-0.1, -0.05) is 24.9 Å². The second kappa shape index (κ2) is 7.83. The summed E-state index contributed by atoms with van der Waals surface area (Å²) in [7, 11) is 1.56. The molecule has 0 radical (unpaired) electrons. The zero-order chi connectivity index (χ0) is 18.0. The number of carbonyl (C=O) groups is 1. The van der Waals surface area contributed by atoms with Crippen LogP contribution >= 0.6 is 11.6 Å². The highest BCUT2D eigenvalue weighted by Crippen LogP contribution is 2.40. The molecular weight excluding hydrogens is 340 g/mol. The number of fused-ring (bicyclic) bond motifs is 1. The summed E-state index contributed by atoms with van der Waals surface area (Å²) in [6.07, 6.45) is 4.16. The zero-order valence-electron chi connectivity index (χ0n) is 15.0. The van der Waals surface area contributed by atoms with Gasteiger partial charge in [-0.15, -0.1) is 0 Å². The Balaban J connectivity index is 1.76. The first-order valence-electron chi connectivity index (χ1n) is 9.10. The average Bonchev–Trinajstić information content (AvgIpc) is 3.17. The number of likely N-dealkylation sites (tertiary alicyclic amines) is 1. The second-order valence-corrected chi connectivity index (χ2v) is 7.47. The molecule has 1 aliphatic heterocycles. The van der Waals surface area contributed by atoms with E-state index in [0.29, 0.717) is 40.5 Å². The van der Waals surface area contributed by atoms with Crippen molar-refractivity contribution in [1.82, 2.24) is 4.90 Å². The van der Waals surface area contributed by atoms with Crippen LogP contribution in [0.15, 0.2) is 12.1 Å². The van der Waals surface area contributed by atoms with Crippen molar-refractivity contribution in [3.8, 4) is 11.5 Å². The molecule has 1 heterocycles. The van der Waals surface area contributed by atoms with Crippen molar-refractivity contribution in [3.05, 3.63) is 22.7 Å². The molecule has 0 aromatic heterocycles. The van der Waals surface area contributed by atoms with Gasteiger partial charge in [0, 0.05) is 24.7 Å². The predicted octanol–water partition coefficient (Wildman–Crippen LogP) is 3.34. The van der Waals surface area contributed by atoms with Gasteiger partial charge in [-0.3, -0.25) is 4.79 Å². The number of nitrogens with zero attached hydrogens (tertiary/aromatic N) is 1. The maximum absolute atomic E-state index is 12.9. The zero-order valence-corrected chi connectivity index (χ0v) is 15.7. The first kappa shape index (κ1) is 18.3. The number of ether oxygens (including phenoxy) is 2. The van der Waals surface area contributed by atoms with E-state index < -0.39 is 0 Å². The summed E-state index contributed by atoms with van der Waals surface area (Å²) < 4.78 is 11.1. The van der Waals surface area contributed by atoms with Crippen LogP contribution in [0.25, 0.3) is 0 Å². The van der Waals surface area contributed by atoms with Crippen molar-refractivity contribution in [3.63, 3.8) is 0 Å². The van der Waals surface area contributed by atoms with Crippen molar-refractivity contribution in [2.24, 2.45) is 17.6 Å². The molecule has 0 bridgehead atoms. The van der Waals surface area contributed by atoms with Crippen LogP contribution in [0.3, 0.4) is 0 Å². The number of benzene rings is 1. The van der Waals surface area contributed by atoms with Gasteiger partial charge in [0.05, 0.1) is 18.7 Å². The lowest BCUT2D eigenvalue weighted by Crippen LogP contribution is -2.33. The molecule has 2 N–H and O–H groups in total. The second-order valence-electron chi connectivity index (χ2n) is 7.07. The third-order valence-corrected chi connectivity index (χ3v) is 5.70. The van der Waals surface area contributed by atoms with Crippen LogP contribution in [0.1, 0.15) is 43.0 Å². The van der Waals surface area contributed by atoms with Crippen LogP contribution in [0.5, 0.6) is 11.5 Å². The van der Waals surface area contributed by atoms with E-state index in [4.69, 9.17) is 26.8 Å². The molecular formula is C19H27ClN2O3. The highest BCUT2D eigenvalue weighted by atomic mass is 35.5. The average molecular weight is 367 g/mol. The smallest absolute Gasteiger partial charge is 0.254 e. The number of methoxy groups -OCH3 is 1. The molecule has 1 saturated carbocycles. The molecule has 138 valence electrons. The topological polar surface area (TPSA) is 64.8 Å². The molecule has 1 aromatic carbocycles. The third-order valence-electron chi connectivity index (χ3n) is 5.42. The Morgan fingerprint density at radius 1 is 1.36 bits per heavy atom. The Kier molecular flexibility index (Phi) is 5.74. The predicted molar refractivity (Wildman–Crippen MR) is 98.5 cm³/mol. The Bertz CT molecular complexity index is 637. The molecule has 3 rings (SSSR count). The maximum atomic E-state index is 12.9. The summed E-state index contributed by atoms with van der Waals surface area (Å²) >= 11 is 6.37. The van der Waals surface area contributed by atoms with E-state index in [0.717, 1.165) is 38.8 Å². The molecule has 6 heteroatoms. The molecule has 1 saturated heterocycles. The minimum Gasteiger partial charge on any atom is -0.493 e. The highest BCUT2D eigenvalue weighted by molar-refractivity contribution is 6.32. The van der Waals surface area contributed by atoms with Crippen molar-refractivity contribution in [1.29, 1.82) is 0 Å². The third kappa shape index (κ3) is 3.72. The van der Waals surface area contributed by atoms with Gasteiger partial charge in [-0.25, -0.2) is 0 Å². The van der Waals surface area contributed by atoms with E-state index in [1.165, 1.54) is 0 Å². The molecule has 3 unspecified atom stereocenters. The highest BCUT2D eigenvalue weighted by Gasteiger charge is 2.42. The summed E-state index contributed by atoms with van der Waals surface area (Å²) in [6.45, 7) is 4.19. The number of rotatable bonds is 6. The van der Waals surface area contributed by atoms with E-state index in [-0.39, 0.29) is 11.9 Å². The van der Waals surface area contributed by atoms with E-state index in [2.05, 4.69) is 6.92 Å². The van der Waals surface area contributed by atoms with E-state index >= 15 is 0 Å². The molecule has 3 atom stereocenters. The van der Waals surface area contributed by atoms with Gasteiger partial charge in [-0.2, -0.15) is 0 Å². The van der Waals surface area contributed by atoms with Crippen LogP contribution in [0.2, 0.25) is 5.02 Å². The van der Waals surface area contributed by atoms with Crippen LogP contribution < -0.4 is 15.2 Å². The van der Waals surface area contributed by atoms with E-state index in [1.54, 1.807) is 19.2 Å². The maximum Gasteiger partial charge on any atom is 0.254 e. The summed E-state index contributed by atoms with van der Waals surface area (Å²) in [5.41, 5.74) is 6.71. The molecule has 5 nitrogen and oxygen atoms in total.